The molecule has 1 aliphatic heterocycles. The smallest absolute Gasteiger partial charge is 0.211 e. The van der Waals surface area contributed by atoms with Gasteiger partial charge in [-0.1, -0.05) is 19.1 Å². The molecule has 180 valence electrons. The fourth-order valence-electron chi connectivity index (χ4n) is 3.90. The van der Waals surface area contributed by atoms with Crippen LogP contribution in [0.1, 0.15) is 42.5 Å². The van der Waals surface area contributed by atoms with E-state index in [-0.39, 0.29) is 23.4 Å². The summed E-state index contributed by atoms with van der Waals surface area (Å²) >= 11 is 0. The summed E-state index contributed by atoms with van der Waals surface area (Å²) in [7, 11) is -3.19. The minimum Gasteiger partial charge on any atom is -0.356 e. The van der Waals surface area contributed by atoms with Crippen molar-refractivity contribution in [3.63, 3.8) is 0 Å². The molecule has 10 heteroatoms. The van der Waals surface area contributed by atoms with Crippen LogP contribution in [0.2, 0.25) is 0 Å². The molecule has 3 heterocycles. The van der Waals surface area contributed by atoms with E-state index in [1.54, 1.807) is 37.6 Å². The first-order valence-electron chi connectivity index (χ1n) is 11.4. The fraction of sp³-hybridized carbons (Fsp3) is 0.417. The third kappa shape index (κ3) is 6.32. The largest absolute Gasteiger partial charge is 0.356 e. The van der Waals surface area contributed by atoms with Crippen LogP contribution in [-0.2, 0) is 22.9 Å². The molecule has 1 aliphatic rings. The monoisotopic (exact) mass is 484 g/mol. The molecular formula is C24H29FN6O2S. The minimum absolute atomic E-state index is 0.0800. The molecule has 3 aromatic rings. The van der Waals surface area contributed by atoms with Crippen LogP contribution in [0.15, 0.2) is 48.9 Å². The molecule has 1 atom stereocenters. The van der Waals surface area contributed by atoms with E-state index in [1.165, 1.54) is 12.1 Å². The molecule has 0 unspecified atom stereocenters. The first-order valence-corrected chi connectivity index (χ1v) is 13.1. The van der Waals surface area contributed by atoms with Gasteiger partial charge in [-0.25, -0.2) is 27.5 Å². The lowest BCUT2D eigenvalue weighted by molar-refractivity contribution is 0.402. The highest BCUT2D eigenvalue weighted by atomic mass is 32.2. The lowest BCUT2D eigenvalue weighted by atomic mass is 9.97. The van der Waals surface area contributed by atoms with Crippen molar-refractivity contribution in [3.05, 3.63) is 77.5 Å². The summed E-state index contributed by atoms with van der Waals surface area (Å²) in [6.07, 6.45) is 6.17. The highest BCUT2D eigenvalue weighted by Gasteiger charge is 2.29. The van der Waals surface area contributed by atoms with Crippen LogP contribution in [-0.4, -0.2) is 53.7 Å². The van der Waals surface area contributed by atoms with Gasteiger partial charge >= 0.3 is 0 Å². The number of aromatic nitrogens is 4. The van der Waals surface area contributed by atoms with E-state index in [0.29, 0.717) is 25.2 Å². The van der Waals surface area contributed by atoms with Gasteiger partial charge in [0.2, 0.25) is 10.0 Å². The molecule has 1 fully saturated rings. The van der Waals surface area contributed by atoms with Crippen molar-refractivity contribution in [2.45, 2.75) is 32.6 Å². The summed E-state index contributed by atoms with van der Waals surface area (Å²) in [6.45, 7) is 5.58. The summed E-state index contributed by atoms with van der Waals surface area (Å²) < 4.78 is 39.4. The molecule has 2 aromatic heterocycles. The fourth-order valence-corrected chi connectivity index (χ4v) is 4.60. The van der Waals surface area contributed by atoms with Gasteiger partial charge in [0.05, 0.1) is 17.1 Å². The van der Waals surface area contributed by atoms with Crippen molar-refractivity contribution in [2.24, 2.45) is 5.92 Å². The number of anilines is 1. The molecule has 0 saturated carbocycles. The standard InChI is InChI=1S/C24H29FN6O2S/c1-3-34(32,33)28-13-18-15-31(16-18)24-12-21(11-22-14-26-8-9-27-22)29-23(30-24)10-17(2)19-4-6-20(25)7-5-19/h4-9,12,14,17-18,28H,3,10-11,13,15-16H2,1-2H3/t17-/m1/s1. The number of nitrogens with one attached hydrogen (secondary N) is 1. The van der Waals surface area contributed by atoms with Gasteiger partial charge in [0.15, 0.2) is 0 Å². The average Bonchev–Trinajstić information content (AvgIpc) is 2.79. The van der Waals surface area contributed by atoms with Gasteiger partial charge in [0.1, 0.15) is 17.5 Å². The molecule has 0 aliphatic carbocycles. The van der Waals surface area contributed by atoms with Crippen LogP contribution in [0, 0.1) is 11.7 Å². The second kappa shape index (κ2) is 10.5. The number of hydrogen-bond donors (Lipinski definition) is 1. The Morgan fingerprint density at radius 3 is 2.59 bits per heavy atom. The van der Waals surface area contributed by atoms with Gasteiger partial charge in [0, 0.05) is 63.1 Å². The Labute approximate surface area is 199 Å². The van der Waals surface area contributed by atoms with Crippen molar-refractivity contribution < 1.29 is 12.8 Å². The first kappa shape index (κ1) is 24.2. The van der Waals surface area contributed by atoms with Crippen LogP contribution >= 0.6 is 0 Å². The van der Waals surface area contributed by atoms with Crippen LogP contribution in [0.5, 0.6) is 0 Å². The van der Waals surface area contributed by atoms with Crippen molar-refractivity contribution in [2.75, 3.05) is 30.3 Å². The second-order valence-corrected chi connectivity index (χ2v) is 10.8. The Bertz CT molecular complexity index is 1200. The summed E-state index contributed by atoms with van der Waals surface area (Å²) in [5.74, 6) is 1.72. The lowest BCUT2D eigenvalue weighted by Gasteiger charge is -2.40. The number of hydrogen-bond acceptors (Lipinski definition) is 7. The zero-order chi connectivity index (χ0) is 24.1. The molecule has 4 rings (SSSR count). The lowest BCUT2D eigenvalue weighted by Crippen LogP contribution is -2.52. The Morgan fingerprint density at radius 2 is 1.91 bits per heavy atom. The maximum atomic E-state index is 13.3. The van der Waals surface area contributed by atoms with Gasteiger partial charge in [-0.2, -0.15) is 0 Å². The summed E-state index contributed by atoms with van der Waals surface area (Å²) in [5, 5.41) is 0. The van der Waals surface area contributed by atoms with E-state index < -0.39 is 10.0 Å². The van der Waals surface area contributed by atoms with E-state index >= 15 is 0 Å². The predicted octanol–water partition coefficient (Wildman–Crippen LogP) is 2.72. The van der Waals surface area contributed by atoms with Gasteiger partial charge in [0.25, 0.3) is 0 Å². The minimum atomic E-state index is -3.19. The molecular weight excluding hydrogens is 455 g/mol. The van der Waals surface area contributed by atoms with Gasteiger partial charge in [-0.05, 0) is 30.5 Å². The molecule has 1 saturated heterocycles. The molecule has 34 heavy (non-hydrogen) atoms. The Morgan fingerprint density at radius 1 is 1.15 bits per heavy atom. The van der Waals surface area contributed by atoms with Crippen molar-refractivity contribution in [3.8, 4) is 0 Å². The van der Waals surface area contributed by atoms with Gasteiger partial charge < -0.3 is 4.90 Å². The van der Waals surface area contributed by atoms with Crippen LogP contribution in [0.4, 0.5) is 10.2 Å². The number of rotatable bonds is 10. The van der Waals surface area contributed by atoms with E-state index in [2.05, 4.69) is 26.5 Å². The van der Waals surface area contributed by atoms with Crippen molar-refractivity contribution in [1.82, 2.24) is 24.7 Å². The molecule has 8 nitrogen and oxygen atoms in total. The highest BCUT2D eigenvalue weighted by Crippen LogP contribution is 2.26. The van der Waals surface area contributed by atoms with E-state index in [9.17, 15) is 12.8 Å². The summed E-state index contributed by atoms with van der Waals surface area (Å²) in [6, 6.07) is 8.49. The predicted molar refractivity (Wildman–Crippen MR) is 129 cm³/mol. The van der Waals surface area contributed by atoms with E-state index in [4.69, 9.17) is 9.97 Å². The second-order valence-electron chi connectivity index (χ2n) is 8.69. The maximum absolute atomic E-state index is 13.3. The van der Waals surface area contributed by atoms with Crippen molar-refractivity contribution >= 4 is 15.8 Å². The van der Waals surface area contributed by atoms with Crippen molar-refractivity contribution in [1.29, 1.82) is 0 Å². The third-order valence-electron chi connectivity index (χ3n) is 5.97. The van der Waals surface area contributed by atoms with Crippen LogP contribution in [0.3, 0.4) is 0 Å². The normalized spacial score (nSPS) is 15.2. The Balaban J connectivity index is 1.50. The molecule has 0 radical (unpaired) electrons. The van der Waals surface area contributed by atoms with Crippen LogP contribution < -0.4 is 9.62 Å². The molecule has 1 aromatic carbocycles. The average molecular weight is 485 g/mol. The number of sulfonamides is 1. The zero-order valence-corrected chi connectivity index (χ0v) is 20.2. The van der Waals surface area contributed by atoms with E-state index in [1.807, 2.05) is 6.07 Å². The maximum Gasteiger partial charge on any atom is 0.211 e. The van der Waals surface area contributed by atoms with E-state index in [0.717, 1.165) is 35.9 Å². The molecule has 0 bridgehead atoms. The third-order valence-corrected chi connectivity index (χ3v) is 7.34. The van der Waals surface area contributed by atoms with Gasteiger partial charge in [-0.15, -0.1) is 0 Å². The van der Waals surface area contributed by atoms with Gasteiger partial charge in [-0.3, -0.25) is 9.97 Å². The summed E-state index contributed by atoms with van der Waals surface area (Å²) in [5.41, 5.74) is 2.69. The quantitative estimate of drug-likeness (QED) is 0.472. The van der Waals surface area contributed by atoms with Crippen LogP contribution in [0.25, 0.3) is 0 Å². The SMILES string of the molecule is CCS(=O)(=O)NCC1CN(c2cc(Cc3cnccn3)nc(C[C@@H](C)c3ccc(F)cc3)n2)C1. The first-order chi connectivity index (χ1) is 16.3. The molecule has 1 N–H and O–H groups in total. The number of nitrogens with zero attached hydrogens (tertiary/aromatic N) is 5. The summed E-state index contributed by atoms with van der Waals surface area (Å²) in [4.78, 5) is 20.2. The molecule has 0 spiro atoms. The Hall–Kier alpha value is -2.98. The molecule has 0 amide bonds. The number of benzene rings is 1. The number of halogens is 1. The topological polar surface area (TPSA) is 101 Å². The highest BCUT2D eigenvalue weighted by molar-refractivity contribution is 7.89. The Kier molecular flexibility index (Phi) is 7.47. The zero-order valence-electron chi connectivity index (χ0n) is 19.4.